The molecular weight excluding hydrogens is 240 g/mol. The number of methoxy groups -OCH3 is 1. The summed E-state index contributed by atoms with van der Waals surface area (Å²) in [5.41, 5.74) is 1.26. The van der Waals surface area contributed by atoms with Gasteiger partial charge >= 0.3 is 0 Å². The van der Waals surface area contributed by atoms with Gasteiger partial charge in [0.25, 0.3) is 0 Å². The van der Waals surface area contributed by atoms with Crippen molar-refractivity contribution in [1.29, 1.82) is 0 Å². The number of carbonyl (C=O) groups is 1. The lowest BCUT2D eigenvalue weighted by atomic mass is 10.1. The van der Waals surface area contributed by atoms with E-state index in [1.165, 1.54) is 5.56 Å². The molecule has 1 aromatic carbocycles. The van der Waals surface area contributed by atoms with Gasteiger partial charge in [-0.05, 0) is 30.0 Å². The number of carbonyl (C=O) groups excluding carboxylic acids is 1. The number of nitrogens with zero attached hydrogens (tertiary/aromatic N) is 1. The molecule has 2 fully saturated rings. The molecule has 1 aromatic rings. The molecule has 1 saturated heterocycles. The van der Waals surface area contributed by atoms with Gasteiger partial charge in [-0.3, -0.25) is 4.79 Å². The first-order valence-electron chi connectivity index (χ1n) is 6.93. The smallest absolute Gasteiger partial charge is 0.226 e. The second-order valence-electron chi connectivity index (χ2n) is 5.30. The number of ether oxygens (including phenoxy) is 1. The largest absolute Gasteiger partial charge is 0.497 e. The summed E-state index contributed by atoms with van der Waals surface area (Å²) < 4.78 is 5.16. The van der Waals surface area contributed by atoms with Crippen molar-refractivity contribution < 1.29 is 9.53 Å². The molecule has 0 spiro atoms. The topological polar surface area (TPSA) is 41.6 Å². The summed E-state index contributed by atoms with van der Waals surface area (Å²) in [4.78, 5) is 14.3. The molecule has 2 unspecified atom stereocenters. The average Bonchev–Trinajstić information content (AvgIpc) is 3.28. The van der Waals surface area contributed by atoms with Crippen molar-refractivity contribution >= 4 is 5.91 Å². The number of hydrogen-bond acceptors (Lipinski definition) is 3. The highest BCUT2D eigenvalue weighted by Gasteiger charge is 2.45. The lowest BCUT2D eigenvalue weighted by Crippen LogP contribution is -2.47. The van der Waals surface area contributed by atoms with E-state index in [0.29, 0.717) is 11.8 Å². The molecule has 4 nitrogen and oxygen atoms in total. The molecule has 3 rings (SSSR count). The van der Waals surface area contributed by atoms with Crippen LogP contribution in [0.25, 0.3) is 0 Å². The van der Waals surface area contributed by atoms with E-state index in [2.05, 4.69) is 17.4 Å². The predicted molar refractivity (Wildman–Crippen MR) is 73.3 cm³/mol. The molecular formula is C15H20N2O2. The van der Waals surface area contributed by atoms with Crippen molar-refractivity contribution in [3.05, 3.63) is 29.8 Å². The summed E-state index contributed by atoms with van der Waals surface area (Å²) in [5.74, 6) is 1.82. The highest BCUT2D eigenvalue weighted by molar-refractivity contribution is 5.83. The van der Waals surface area contributed by atoms with E-state index in [4.69, 9.17) is 4.74 Å². The average molecular weight is 260 g/mol. The maximum Gasteiger partial charge on any atom is 0.226 e. The zero-order valence-corrected chi connectivity index (χ0v) is 11.3. The minimum Gasteiger partial charge on any atom is -0.497 e. The van der Waals surface area contributed by atoms with Crippen molar-refractivity contribution in [3.63, 3.8) is 0 Å². The van der Waals surface area contributed by atoms with Crippen molar-refractivity contribution in [1.82, 2.24) is 10.2 Å². The number of amides is 1. The van der Waals surface area contributed by atoms with Gasteiger partial charge in [-0.15, -0.1) is 0 Å². The minimum atomic E-state index is 0.200. The van der Waals surface area contributed by atoms with E-state index < -0.39 is 0 Å². The van der Waals surface area contributed by atoms with Crippen LogP contribution in [0, 0.1) is 5.92 Å². The van der Waals surface area contributed by atoms with E-state index in [1.54, 1.807) is 7.11 Å². The molecule has 0 aromatic heterocycles. The summed E-state index contributed by atoms with van der Waals surface area (Å²) >= 11 is 0. The third kappa shape index (κ3) is 2.59. The van der Waals surface area contributed by atoms with Crippen molar-refractivity contribution in [2.45, 2.75) is 12.3 Å². The second-order valence-corrected chi connectivity index (χ2v) is 5.30. The van der Waals surface area contributed by atoms with Gasteiger partial charge < -0.3 is 15.0 Å². The van der Waals surface area contributed by atoms with Gasteiger partial charge in [0.2, 0.25) is 5.91 Å². The van der Waals surface area contributed by atoms with Crippen molar-refractivity contribution in [3.8, 4) is 5.75 Å². The standard InChI is InChI=1S/C15H20N2O2/c1-19-12-4-2-11(3-5-12)13-10-14(13)15(18)17-8-6-16-7-9-17/h2-5,13-14,16H,6-10H2,1H3. The first-order valence-corrected chi connectivity index (χ1v) is 6.93. The summed E-state index contributed by atoms with van der Waals surface area (Å²) in [6.07, 6.45) is 0.995. The highest BCUT2D eigenvalue weighted by atomic mass is 16.5. The Morgan fingerprint density at radius 2 is 1.95 bits per heavy atom. The molecule has 2 aliphatic rings. The summed E-state index contributed by atoms with van der Waals surface area (Å²) in [6.45, 7) is 3.55. The molecule has 0 bridgehead atoms. The Morgan fingerprint density at radius 3 is 2.58 bits per heavy atom. The number of benzene rings is 1. The van der Waals surface area contributed by atoms with Gasteiger partial charge in [0.15, 0.2) is 0 Å². The molecule has 2 atom stereocenters. The monoisotopic (exact) mass is 260 g/mol. The Morgan fingerprint density at radius 1 is 1.26 bits per heavy atom. The Hall–Kier alpha value is -1.55. The zero-order valence-electron chi connectivity index (χ0n) is 11.3. The Balaban J connectivity index is 1.61. The third-order valence-corrected chi connectivity index (χ3v) is 4.08. The van der Waals surface area contributed by atoms with Crippen molar-refractivity contribution in [2.24, 2.45) is 5.92 Å². The van der Waals surface area contributed by atoms with Gasteiger partial charge in [0.05, 0.1) is 7.11 Å². The molecule has 1 aliphatic heterocycles. The maximum atomic E-state index is 12.3. The number of rotatable bonds is 3. The fraction of sp³-hybridized carbons (Fsp3) is 0.533. The SMILES string of the molecule is COc1ccc(C2CC2C(=O)N2CCNCC2)cc1. The molecule has 0 radical (unpaired) electrons. The van der Waals surface area contributed by atoms with Gasteiger partial charge in [0, 0.05) is 32.1 Å². The molecule has 19 heavy (non-hydrogen) atoms. The predicted octanol–water partition coefficient (Wildman–Crippen LogP) is 1.23. The van der Waals surface area contributed by atoms with Crippen LogP contribution in [0.1, 0.15) is 17.9 Å². The lowest BCUT2D eigenvalue weighted by molar-refractivity contribution is -0.133. The molecule has 1 N–H and O–H groups in total. The van der Waals surface area contributed by atoms with Crippen LogP contribution in [0.5, 0.6) is 5.75 Å². The Bertz CT molecular complexity index is 452. The molecule has 1 heterocycles. The van der Waals surface area contributed by atoms with Gasteiger partial charge in [0.1, 0.15) is 5.75 Å². The van der Waals surface area contributed by atoms with E-state index in [0.717, 1.165) is 38.3 Å². The fourth-order valence-corrected chi connectivity index (χ4v) is 2.81. The number of nitrogens with one attached hydrogen (secondary N) is 1. The first-order chi connectivity index (χ1) is 9.29. The summed E-state index contributed by atoms with van der Waals surface area (Å²) in [7, 11) is 1.67. The van der Waals surface area contributed by atoms with Crippen molar-refractivity contribution in [2.75, 3.05) is 33.3 Å². The van der Waals surface area contributed by atoms with Crippen LogP contribution in [-0.2, 0) is 4.79 Å². The van der Waals surface area contributed by atoms with Crippen LogP contribution in [0.15, 0.2) is 24.3 Å². The molecule has 1 saturated carbocycles. The maximum absolute atomic E-state index is 12.3. The van der Waals surface area contributed by atoms with Crippen LogP contribution >= 0.6 is 0 Å². The molecule has 1 aliphatic carbocycles. The van der Waals surface area contributed by atoms with Gasteiger partial charge in [-0.25, -0.2) is 0 Å². The van der Waals surface area contributed by atoms with E-state index in [9.17, 15) is 4.79 Å². The quantitative estimate of drug-likeness (QED) is 0.889. The van der Waals surface area contributed by atoms with Crippen LogP contribution in [0.4, 0.5) is 0 Å². The third-order valence-electron chi connectivity index (χ3n) is 4.08. The Labute approximate surface area is 113 Å². The highest BCUT2D eigenvalue weighted by Crippen LogP contribution is 2.48. The summed E-state index contributed by atoms with van der Waals surface area (Å²) in [6, 6.07) is 8.10. The summed E-state index contributed by atoms with van der Waals surface area (Å²) in [5, 5.41) is 3.28. The van der Waals surface area contributed by atoms with Gasteiger partial charge in [-0.1, -0.05) is 12.1 Å². The molecule has 102 valence electrons. The van der Waals surface area contributed by atoms with E-state index in [-0.39, 0.29) is 5.92 Å². The van der Waals surface area contributed by atoms with E-state index in [1.807, 2.05) is 17.0 Å². The molecule has 1 amide bonds. The van der Waals surface area contributed by atoms with Crippen LogP contribution in [0.2, 0.25) is 0 Å². The Kier molecular flexibility index (Phi) is 3.42. The second kappa shape index (κ2) is 5.21. The van der Waals surface area contributed by atoms with E-state index >= 15 is 0 Å². The lowest BCUT2D eigenvalue weighted by Gasteiger charge is -2.27. The normalized spacial score (nSPS) is 26.1. The molecule has 4 heteroatoms. The fourth-order valence-electron chi connectivity index (χ4n) is 2.81. The number of hydrogen-bond donors (Lipinski definition) is 1. The van der Waals surface area contributed by atoms with Crippen LogP contribution < -0.4 is 10.1 Å². The van der Waals surface area contributed by atoms with Crippen LogP contribution in [0.3, 0.4) is 0 Å². The zero-order chi connectivity index (χ0) is 13.2. The first kappa shape index (κ1) is 12.5. The minimum absolute atomic E-state index is 0.200. The van der Waals surface area contributed by atoms with Gasteiger partial charge in [-0.2, -0.15) is 0 Å². The number of piperazine rings is 1. The van der Waals surface area contributed by atoms with Crippen LogP contribution in [-0.4, -0.2) is 44.1 Å².